The van der Waals surface area contributed by atoms with Crippen LogP contribution in [0.5, 0.6) is 0 Å². The number of rotatable bonds is 15. The lowest BCUT2D eigenvalue weighted by atomic mass is 10.0. The van der Waals surface area contributed by atoms with E-state index in [1.807, 2.05) is 0 Å². The van der Waals surface area contributed by atoms with Gasteiger partial charge in [-0.2, -0.15) is 11.8 Å². The maximum atomic E-state index is 12.4. The average molecular weight is 467 g/mol. The van der Waals surface area contributed by atoms with Crippen molar-refractivity contribution in [1.29, 1.82) is 0 Å². The number of allylic oxidation sites excluding steroid dienone is 5. The van der Waals surface area contributed by atoms with Crippen molar-refractivity contribution < 1.29 is 19.5 Å². The summed E-state index contributed by atoms with van der Waals surface area (Å²) in [6.07, 6.45) is 10.8. The Hall–Kier alpha value is -2.02. The second-order valence-electron chi connectivity index (χ2n) is 8.82. The van der Waals surface area contributed by atoms with Crippen LogP contribution in [-0.2, 0) is 14.4 Å². The van der Waals surface area contributed by atoms with Crippen molar-refractivity contribution in [3.63, 3.8) is 0 Å². The number of carboxylic acids is 1. The highest BCUT2D eigenvalue weighted by molar-refractivity contribution is 7.99. The van der Waals surface area contributed by atoms with Gasteiger partial charge in [-0.1, -0.05) is 48.8 Å². The van der Waals surface area contributed by atoms with E-state index in [0.717, 1.165) is 25.7 Å². The van der Waals surface area contributed by atoms with Gasteiger partial charge in [-0.3, -0.25) is 9.59 Å². The normalized spacial score (nSPS) is 14.0. The second kappa shape index (κ2) is 16.6. The molecular weight excluding hydrogens is 424 g/mol. The third-order valence-electron chi connectivity index (χ3n) is 4.88. The molecular formula is C25H42N2O4S. The number of nitrogens with one attached hydrogen (secondary N) is 2. The van der Waals surface area contributed by atoms with Crippen molar-refractivity contribution in [2.24, 2.45) is 5.92 Å². The maximum absolute atomic E-state index is 12.4. The van der Waals surface area contributed by atoms with Crippen LogP contribution in [0.3, 0.4) is 0 Å². The number of thioether (sulfide) groups is 1. The lowest BCUT2D eigenvalue weighted by Crippen LogP contribution is -2.54. The fourth-order valence-electron chi connectivity index (χ4n) is 2.92. The molecule has 0 aliphatic rings. The fraction of sp³-hybridized carbons (Fsp3) is 0.640. The van der Waals surface area contributed by atoms with Gasteiger partial charge in [0.15, 0.2) is 0 Å². The zero-order chi connectivity index (χ0) is 24.7. The van der Waals surface area contributed by atoms with Crippen LogP contribution in [0.4, 0.5) is 0 Å². The minimum Gasteiger partial charge on any atom is -0.480 e. The number of amides is 2. The molecule has 0 unspecified atom stereocenters. The smallest absolute Gasteiger partial charge is 0.327 e. The molecule has 2 amide bonds. The molecule has 0 aromatic heterocycles. The summed E-state index contributed by atoms with van der Waals surface area (Å²) in [5.74, 6) is -1.06. The van der Waals surface area contributed by atoms with Gasteiger partial charge in [0, 0.05) is 18.4 Å². The number of aliphatic carboxylic acids is 1. The largest absolute Gasteiger partial charge is 0.480 e. The molecule has 0 aliphatic carbocycles. The highest BCUT2D eigenvalue weighted by atomic mass is 32.2. The molecule has 2 atom stereocenters. The predicted octanol–water partition coefficient (Wildman–Crippen LogP) is 4.87. The summed E-state index contributed by atoms with van der Waals surface area (Å²) in [7, 11) is 0. The van der Waals surface area contributed by atoms with Gasteiger partial charge in [0.25, 0.3) is 0 Å². The van der Waals surface area contributed by atoms with Gasteiger partial charge in [-0.15, -0.1) is 0 Å². The van der Waals surface area contributed by atoms with Gasteiger partial charge >= 0.3 is 5.97 Å². The lowest BCUT2D eigenvalue weighted by Gasteiger charge is -2.23. The fourth-order valence-corrected chi connectivity index (χ4v) is 3.92. The van der Waals surface area contributed by atoms with Crippen LogP contribution in [0.2, 0.25) is 0 Å². The van der Waals surface area contributed by atoms with Crippen LogP contribution >= 0.6 is 11.8 Å². The van der Waals surface area contributed by atoms with Gasteiger partial charge in [-0.05, 0) is 59.3 Å². The highest BCUT2D eigenvalue weighted by Gasteiger charge is 2.27. The van der Waals surface area contributed by atoms with Crippen molar-refractivity contribution in [3.8, 4) is 0 Å². The molecule has 182 valence electrons. The van der Waals surface area contributed by atoms with E-state index in [4.69, 9.17) is 0 Å². The number of hydrogen-bond donors (Lipinski definition) is 3. The molecule has 0 rings (SSSR count). The SMILES string of the molecule is CC(=O)N[C@@H](C(=O)N[C@@H](CSC/C=C(\C)CC/C=C(\C)CCC=C(C)C)C(=O)O)C(C)C. The van der Waals surface area contributed by atoms with Crippen LogP contribution in [0.25, 0.3) is 0 Å². The standard InChI is InChI=1S/C25H42N2O4S/c1-17(2)10-8-11-19(5)12-9-13-20(6)14-15-32-16-22(25(30)31)27-24(29)23(18(3)4)26-21(7)28/h10,12,14,18,22-23H,8-9,11,13,15-16H2,1-7H3,(H,26,28)(H,27,29)(H,30,31)/b19-12+,20-14+/t22-,23+/m0/s1. The van der Waals surface area contributed by atoms with Gasteiger partial charge in [0.2, 0.25) is 11.8 Å². The molecule has 0 bridgehead atoms. The molecule has 3 N–H and O–H groups in total. The lowest BCUT2D eigenvalue weighted by molar-refractivity contribution is -0.141. The van der Waals surface area contributed by atoms with Crippen molar-refractivity contribution in [1.82, 2.24) is 10.6 Å². The summed E-state index contributed by atoms with van der Waals surface area (Å²) in [6.45, 7) is 13.4. The zero-order valence-electron chi connectivity index (χ0n) is 20.8. The van der Waals surface area contributed by atoms with Crippen LogP contribution in [-0.4, -0.2) is 46.5 Å². The first-order valence-corrected chi connectivity index (χ1v) is 12.4. The van der Waals surface area contributed by atoms with E-state index < -0.39 is 24.0 Å². The predicted molar refractivity (Wildman–Crippen MR) is 135 cm³/mol. The van der Waals surface area contributed by atoms with Crippen molar-refractivity contribution in [2.45, 2.75) is 86.2 Å². The summed E-state index contributed by atoms with van der Waals surface area (Å²) in [6, 6.07) is -1.75. The molecule has 32 heavy (non-hydrogen) atoms. The van der Waals surface area contributed by atoms with Gasteiger partial charge in [-0.25, -0.2) is 4.79 Å². The van der Waals surface area contributed by atoms with E-state index in [1.165, 1.54) is 35.4 Å². The Balaban J connectivity index is 4.50. The first-order valence-electron chi connectivity index (χ1n) is 11.3. The van der Waals surface area contributed by atoms with Crippen LogP contribution in [0.1, 0.15) is 74.1 Å². The van der Waals surface area contributed by atoms with E-state index >= 15 is 0 Å². The van der Waals surface area contributed by atoms with Gasteiger partial charge < -0.3 is 15.7 Å². The molecule has 0 aromatic carbocycles. The second-order valence-corrected chi connectivity index (χ2v) is 9.89. The summed E-state index contributed by atoms with van der Waals surface area (Å²) in [5, 5.41) is 14.6. The minimum absolute atomic E-state index is 0.142. The third-order valence-corrected chi connectivity index (χ3v) is 5.85. The molecule has 0 aromatic rings. The Bertz CT molecular complexity index is 707. The molecule has 0 saturated heterocycles. The Labute approximate surface area is 198 Å². The van der Waals surface area contributed by atoms with Gasteiger partial charge in [0.1, 0.15) is 12.1 Å². The maximum Gasteiger partial charge on any atom is 0.327 e. The molecule has 0 radical (unpaired) electrons. The Morgan fingerprint density at radius 2 is 1.44 bits per heavy atom. The summed E-state index contributed by atoms with van der Waals surface area (Å²) < 4.78 is 0. The summed E-state index contributed by atoms with van der Waals surface area (Å²) in [4.78, 5) is 35.3. The highest BCUT2D eigenvalue weighted by Crippen LogP contribution is 2.13. The van der Waals surface area contributed by atoms with Crippen LogP contribution < -0.4 is 10.6 Å². The van der Waals surface area contributed by atoms with Crippen molar-refractivity contribution in [2.75, 3.05) is 11.5 Å². The molecule has 6 nitrogen and oxygen atoms in total. The number of carbonyl (C=O) groups excluding carboxylic acids is 2. The van der Waals surface area contributed by atoms with E-state index in [1.54, 1.807) is 13.8 Å². The number of carboxylic acid groups (broad SMARTS) is 1. The Morgan fingerprint density at radius 1 is 0.875 bits per heavy atom. The minimum atomic E-state index is -1.08. The third kappa shape index (κ3) is 14.9. The molecule has 0 heterocycles. The first kappa shape index (κ1) is 30.0. The van der Waals surface area contributed by atoms with Crippen molar-refractivity contribution in [3.05, 3.63) is 34.9 Å². The van der Waals surface area contributed by atoms with E-state index in [2.05, 4.69) is 56.6 Å². The topological polar surface area (TPSA) is 95.5 Å². The van der Waals surface area contributed by atoms with E-state index in [0.29, 0.717) is 5.75 Å². The molecule has 0 aliphatic heterocycles. The monoisotopic (exact) mass is 466 g/mol. The Morgan fingerprint density at radius 3 is 1.94 bits per heavy atom. The molecule has 0 saturated carbocycles. The van der Waals surface area contributed by atoms with E-state index in [-0.39, 0.29) is 17.6 Å². The quantitative estimate of drug-likeness (QED) is 0.236. The van der Waals surface area contributed by atoms with Crippen LogP contribution in [0, 0.1) is 5.92 Å². The summed E-state index contributed by atoms with van der Waals surface area (Å²) in [5.41, 5.74) is 4.03. The van der Waals surface area contributed by atoms with Crippen molar-refractivity contribution >= 4 is 29.5 Å². The Kier molecular flexibility index (Phi) is 15.5. The molecule has 7 heteroatoms. The summed E-state index contributed by atoms with van der Waals surface area (Å²) >= 11 is 1.47. The van der Waals surface area contributed by atoms with E-state index in [9.17, 15) is 19.5 Å². The number of hydrogen-bond acceptors (Lipinski definition) is 4. The average Bonchev–Trinajstić information content (AvgIpc) is 2.67. The molecule has 0 spiro atoms. The first-order chi connectivity index (χ1) is 14.9. The van der Waals surface area contributed by atoms with Gasteiger partial charge in [0.05, 0.1) is 0 Å². The van der Waals surface area contributed by atoms with Crippen LogP contribution in [0.15, 0.2) is 34.9 Å². The molecule has 0 fully saturated rings. The number of carbonyl (C=O) groups is 3. The zero-order valence-corrected chi connectivity index (χ0v) is 21.6.